The molecule has 0 nitrogen and oxygen atoms in total. The normalized spacial score (nSPS) is 12.8. The van der Waals surface area contributed by atoms with E-state index in [9.17, 15) is 0 Å². The van der Waals surface area contributed by atoms with Crippen LogP contribution in [0.2, 0.25) is 15.8 Å². The van der Waals surface area contributed by atoms with Crippen molar-refractivity contribution in [2.24, 2.45) is 5.92 Å². The van der Waals surface area contributed by atoms with Gasteiger partial charge in [0.25, 0.3) is 0 Å². The van der Waals surface area contributed by atoms with Crippen LogP contribution >= 0.6 is 0 Å². The third-order valence-corrected chi connectivity index (χ3v) is 14.3. The number of rotatable bonds is 11. The Labute approximate surface area is 119 Å². The van der Waals surface area contributed by atoms with Crippen molar-refractivity contribution >= 4 is 13.3 Å². The van der Waals surface area contributed by atoms with Crippen molar-refractivity contribution in [3.05, 3.63) is 11.0 Å². The van der Waals surface area contributed by atoms with Gasteiger partial charge in [-0.3, -0.25) is 0 Å². The van der Waals surface area contributed by atoms with Crippen molar-refractivity contribution in [3.63, 3.8) is 0 Å². The third-order valence-electron chi connectivity index (χ3n) is 3.92. The van der Waals surface area contributed by atoms with E-state index in [2.05, 4.69) is 45.6 Å². The third kappa shape index (κ3) is 8.40. The quantitative estimate of drug-likeness (QED) is 0.378. The van der Waals surface area contributed by atoms with Gasteiger partial charge in [-0.1, -0.05) is 0 Å². The van der Waals surface area contributed by atoms with Gasteiger partial charge in [0, 0.05) is 0 Å². The zero-order chi connectivity index (χ0) is 13.9. The van der Waals surface area contributed by atoms with Gasteiger partial charge in [0.05, 0.1) is 0 Å². The molecule has 0 atom stereocenters. The molecule has 0 unspecified atom stereocenters. The van der Waals surface area contributed by atoms with Crippen LogP contribution in [0.25, 0.3) is 0 Å². The van der Waals surface area contributed by atoms with Crippen LogP contribution in [0, 0.1) is 5.92 Å². The Morgan fingerprint density at radius 2 is 1.17 bits per heavy atom. The monoisotopic (exact) mass is 314 g/mol. The second kappa shape index (κ2) is 11.1. The SMILES string of the molecule is CCC[CH2][Ge](/[CH]=C/C(C)C)([CH2]CCC)[CH2]CCC. The predicted molar refractivity (Wildman–Crippen MR) is 88.9 cm³/mol. The first-order chi connectivity index (χ1) is 8.60. The van der Waals surface area contributed by atoms with E-state index >= 15 is 0 Å². The molecule has 0 saturated carbocycles. The predicted octanol–water partition coefficient (Wildman–Crippen LogP) is 6.59. The van der Waals surface area contributed by atoms with Crippen LogP contribution < -0.4 is 0 Å². The van der Waals surface area contributed by atoms with Crippen molar-refractivity contribution in [1.82, 2.24) is 0 Å². The Bertz CT molecular complexity index is 184. The number of hydrogen-bond acceptors (Lipinski definition) is 0. The van der Waals surface area contributed by atoms with Crippen LogP contribution in [0.15, 0.2) is 11.0 Å². The van der Waals surface area contributed by atoms with Crippen molar-refractivity contribution in [2.75, 3.05) is 0 Å². The first-order valence-electron chi connectivity index (χ1n) is 8.29. The molecule has 0 aliphatic rings. The second-order valence-electron chi connectivity index (χ2n) is 6.28. The van der Waals surface area contributed by atoms with Gasteiger partial charge in [0.2, 0.25) is 0 Å². The van der Waals surface area contributed by atoms with Crippen molar-refractivity contribution in [2.45, 2.75) is 88.9 Å². The second-order valence-corrected chi connectivity index (χ2v) is 15.8. The summed E-state index contributed by atoms with van der Waals surface area (Å²) in [6, 6.07) is 0. The molecule has 18 heavy (non-hydrogen) atoms. The Balaban J connectivity index is 4.72. The molecule has 0 radical (unpaired) electrons. The molecule has 0 heterocycles. The average Bonchev–Trinajstić information content (AvgIpc) is 2.37. The molecule has 0 saturated heterocycles. The molecule has 0 amide bonds. The van der Waals surface area contributed by atoms with Gasteiger partial charge in [-0.05, 0) is 0 Å². The molecule has 0 aromatic carbocycles. The van der Waals surface area contributed by atoms with Crippen LogP contribution in [0.3, 0.4) is 0 Å². The van der Waals surface area contributed by atoms with Gasteiger partial charge >= 0.3 is 119 Å². The van der Waals surface area contributed by atoms with Gasteiger partial charge in [0.15, 0.2) is 0 Å². The van der Waals surface area contributed by atoms with E-state index in [0.29, 0.717) is 0 Å². The zero-order valence-electron chi connectivity index (χ0n) is 13.6. The summed E-state index contributed by atoms with van der Waals surface area (Å²) in [7, 11) is 0. The fraction of sp³-hybridized carbons (Fsp3) is 0.882. The van der Waals surface area contributed by atoms with Crippen LogP contribution in [0.4, 0.5) is 0 Å². The topological polar surface area (TPSA) is 0 Å². The molecular formula is C17H36Ge. The molecule has 0 aromatic heterocycles. The maximum absolute atomic E-state index is 2.77. The first-order valence-corrected chi connectivity index (χ1v) is 14.0. The summed E-state index contributed by atoms with van der Waals surface area (Å²) < 4.78 is 0. The Morgan fingerprint density at radius 1 is 0.778 bits per heavy atom. The summed E-state index contributed by atoms with van der Waals surface area (Å²) in [5.41, 5.74) is 0. The van der Waals surface area contributed by atoms with Crippen LogP contribution in [0.5, 0.6) is 0 Å². The van der Waals surface area contributed by atoms with Crippen molar-refractivity contribution in [1.29, 1.82) is 0 Å². The minimum absolute atomic E-state index is 0.736. The Morgan fingerprint density at radius 3 is 1.44 bits per heavy atom. The molecular weight excluding hydrogens is 277 g/mol. The number of unbranched alkanes of at least 4 members (excludes halogenated alkanes) is 3. The van der Waals surface area contributed by atoms with Crippen molar-refractivity contribution < 1.29 is 0 Å². The molecule has 0 bridgehead atoms. The van der Waals surface area contributed by atoms with E-state index in [4.69, 9.17) is 0 Å². The molecule has 0 rings (SSSR count). The molecule has 0 aliphatic carbocycles. The fourth-order valence-corrected chi connectivity index (χ4v) is 13.6. The maximum atomic E-state index is 2.77. The summed E-state index contributed by atoms with van der Waals surface area (Å²) in [5.74, 6) is 0.736. The standard InChI is InChI=1S/C17H36Ge/c1-6-9-13-18(14-10-7-2,15-11-8-3)16-12-17(4)5/h12,16-17H,6-11,13-15H2,1-5H3/b16-12+. The molecule has 1 heteroatoms. The van der Waals surface area contributed by atoms with E-state index in [-0.39, 0.29) is 0 Å². The summed E-state index contributed by atoms with van der Waals surface area (Å²) >= 11 is -1.66. The van der Waals surface area contributed by atoms with E-state index in [0.717, 1.165) is 5.92 Å². The molecule has 0 fully saturated rings. The molecule has 0 N–H and O–H groups in total. The van der Waals surface area contributed by atoms with E-state index < -0.39 is 13.3 Å². The van der Waals surface area contributed by atoms with Crippen LogP contribution in [-0.2, 0) is 0 Å². The van der Waals surface area contributed by atoms with Crippen molar-refractivity contribution in [3.8, 4) is 0 Å². The van der Waals surface area contributed by atoms with Gasteiger partial charge in [-0.15, -0.1) is 0 Å². The van der Waals surface area contributed by atoms with Crippen LogP contribution in [0.1, 0.15) is 73.1 Å². The molecule has 0 aromatic rings. The van der Waals surface area contributed by atoms with E-state index in [1.807, 2.05) is 0 Å². The number of hydrogen-bond donors (Lipinski definition) is 0. The molecule has 108 valence electrons. The van der Waals surface area contributed by atoms with E-state index in [1.165, 1.54) is 38.5 Å². The summed E-state index contributed by atoms with van der Waals surface area (Å²) in [5, 5.41) is 4.75. The average molecular weight is 313 g/mol. The van der Waals surface area contributed by atoms with E-state index in [1.54, 1.807) is 15.8 Å². The number of allylic oxidation sites excluding steroid dienone is 1. The molecule has 0 spiro atoms. The fourth-order valence-electron chi connectivity index (χ4n) is 2.61. The summed E-state index contributed by atoms with van der Waals surface area (Å²) in [6.07, 6.45) is 11.1. The van der Waals surface area contributed by atoms with Gasteiger partial charge < -0.3 is 0 Å². The van der Waals surface area contributed by atoms with Gasteiger partial charge in [-0.2, -0.15) is 0 Å². The Hall–Kier alpha value is 0.283. The summed E-state index contributed by atoms with van der Waals surface area (Å²) in [6.45, 7) is 11.7. The van der Waals surface area contributed by atoms with Crippen LogP contribution in [-0.4, -0.2) is 13.3 Å². The minimum atomic E-state index is -1.66. The van der Waals surface area contributed by atoms with Gasteiger partial charge in [0.1, 0.15) is 0 Å². The summed E-state index contributed by atoms with van der Waals surface area (Å²) in [4.78, 5) is 2.77. The molecule has 0 aliphatic heterocycles. The first kappa shape index (κ1) is 18.3. The van der Waals surface area contributed by atoms with Gasteiger partial charge in [-0.25, -0.2) is 0 Å². The Kier molecular flexibility index (Phi) is 11.3. The zero-order valence-corrected chi connectivity index (χ0v) is 15.7.